The van der Waals surface area contributed by atoms with Crippen LogP contribution in [-0.2, 0) is 4.79 Å². The summed E-state index contributed by atoms with van der Waals surface area (Å²) in [7, 11) is 0. The Labute approximate surface area is 133 Å². The zero-order valence-electron chi connectivity index (χ0n) is 12.5. The van der Waals surface area contributed by atoms with Gasteiger partial charge >= 0.3 is 5.97 Å². The normalized spacial score (nSPS) is 15.6. The van der Waals surface area contributed by atoms with Crippen LogP contribution in [-0.4, -0.2) is 39.5 Å². The van der Waals surface area contributed by atoms with Gasteiger partial charge in [-0.2, -0.15) is 0 Å². The molecule has 2 aromatic rings. The number of nitrogen functional groups attached to an aromatic ring is 1. The number of carboxylic acids is 1. The molecule has 1 aliphatic rings. The maximum absolute atomic E-state index is 11.0. The summed E-state index contributed by atoms with van der Waals surface area (Å²) in [5.74, 6) is -0.625. The molecule has 120 valence electrons. The number of nitrogens with two attached hydrogens (primary N) is 1. The summed E-state index contributed by atoms with van der Waals surface area (Å²) in [5.41, 5.74) is 7.78. The Morgan fingerprint density at radius 1 is 1.22 bits per heavy atom. The second-order valence-electron chi connectivity index (χ2n) is 5.62. The van der Waals surface area contributed by atoms with Crippen molar-refractivity contribution in [2.75, 3.05) is 23.7 Å². The van der Waals surface area contributed by atoms with Crippen molar-refractivity contribution in [3.8, 4) is 17.0 Å². The van der Waals surface area contributed by atoms with Gasteiger partial charge in [0.1, 0.15) is 5.75 Å². The van der Waals surface area contributed by atoms with Gasteiger partial charge in [-0.3, -0.25) is 4.79 Å². The number of phenols is 1. The Kier molecular flexibility index (Phi) is 4.01. The molecule has 0 aliphatic carbocycles. The first-order chi connectivity index (χ1) is 11.1. The molecule has 2 heterocycles. The fourth-order valence-corrected chi connectivity index (χ4v) is 2.83. The summed E-state index contributed by atoms with van der Waals surface area (Å²) in [5, 5.41) is 27.1. The number of para-hydroxylation sites is 1. The van der Waals surface area contributed by atoms with Gasteiger partial charge in [0.25, 0.3) is 0 Å². The highest BCUT2D eigenvalue weighted by atomic mass is 16.4. The summed E-state index contributed by atoms with van der Waals surface area (Å²) in [6, 6.07) is 8.69. The van der Waals surface area contributed by atoms with Gasteiger partial charge in [0.05, 0.1) is 17.3 Å². The quantitative estimate of drug-likeness (QED) is 0.790. The zero-order valence-corrected chi connectivity index (χ0v) is 12.5. The Morgan fingerprint density at radius 3 is 2.57 bits per heavy atom. The molecule has 0 unspecified atom stereocenters. The molecule has 7 heteroatoms. The summed E-state index contributed by atoms with van der Waals surface area (Å²) in [6.45, 7) is 1.21. The van der Waals surface area contributed by atoms with Crippen LogP contribution in [0.1, 0.15) is 12.8 Å². The number of piperidine rings is 1. The molecule has 0 amide bonds. The van der Waals surface area contributed by atoms with Gasteiger partial charge in [-0.25, -0.2) is 0 Å². The SMILES string of the molecule is Nc1nnc(-c2ccccc2O)cc1N1CCC(C(=O)O)CC1. The minimum atomic E-state index is -0.750. The van der Waals surface area contributed by atoms with Gasteiger partial charge in [-0.15, -0.1) is 10.2 Å². The lowest BCUT2D eigenvalue weighted by Gasteiger charge is -2.32. The number of hydrogen-bond acceptors (Lipinski definition) is 6. The van der Waals surface area contributed by atoms with E-state index in [0.717, 1.165) is 5.69 Å². The molecule has 1 saturated heterocycles. The summed E-state index contributed by atoms with van der Waals surface area (Å²) < 4.78 is 0. The van der Waals surface area contributed by atoms with Crippen molar-refractivity contribution in [3.63, 3.8) is 0 Å². The molecule has 0 saturated carbocycles. The third kappa shape index (κ3) is 3.03. The predicted octanol–water partition coefficient (Wildman–Crippen LogP) is 1.73. The van der Waals surface area contributed by atoms with Crippen LogP contribution >= 0.6 is 0 Å². The van der Waals surface area contributed by atoms with Gasteiger partial charge in [0, 0.05) is 18.7 Å². The number of aromatic nitrogens is 2. The molecule has 0 radical (unpaired) electrons. The third-order valence-corrected chi connectivity index (χ3v) is 4.17. The van der Waals surface area contributed by atoms with Crippen molar-refractivity contribution in [2.24, 2.45) is 5.92 Å². The molecule has 3 rings (SSSR count). The number of rotatable bonds is 3. The molecule has 0 atom stereocenters. The highest BCUT2D eigenvalue weighted by molar-refractivity contribution is 5.75. The molecule has 1 aromatic carbocycles. The molecule has 1 aromatic heterocycles. The van der Waals surface area contributed by atoms with Crippen molar-refractivity contribution in [1.82, 2.24) is 10.2 Å². The van der Waals surface area contributed by atoms with Crippen LogP contribution in [0.4, 0.5) is 11.5 Å². The maximum atomic E-state index is 11.0. The number of aliphatic carboxylic acids is 1. The van der Waals surface area contributed by atoms with Crippen LogP contribution < -0.4 is 10.6 Å². The molecular weight excluding hydrogens is 296 g/mol. The van der Waals surface area contributed by atoms with Crippen LogP contribution in [0.5, 0.6) is 5.75 Å². The fourth-order valence-electron chi connectivity index (χ4n) is 2.83. The maximum Gasteiger partial charge on any atom is 0.306 e. The first kappa shape index (κ1) is 15.1. The molecule has 7 nitrogen and oxygen atoms in total. The van der Waals surface area contributed by atoms with Crippen LogP contribution in [0.3, 0.4) is 0 Å². The third-order valence-electron chi connectivity index (χ3n) is 4.17. The summed E-state index contributed by atoms with van der Waals surface area (Å²) >= 11 is 0. The average Bonchev–Trinajstić information content (AvgIpc) is 2.56. The average molecular weight is 314 g/mol. The highest BCUT2D eigenvalue weighted by Gasteiger charge is 2.26. The number of hydrogen-bond donors (Lipinski definition) is 3. The molecule has 4 N–H and O–H groups in total. The smallest absolute Gasteiger partial charge is 0.306 e. The molecular formula is C16H18N4O3. The van der Waals surface area contributed by atoms with Crippen molar-refractivity contribution in [3.05, 3.63) is 30.3 Å². The van der Waals surface area contributed by atoms with E-state index < -0.39 is 5.97 Å². The van der Waals surface area contributed by atoms with Crippen LogP contribution in [0, 0.1) is 5.92 Å². The van der Waals surface area contributed by atoms with Crippen molar-refractivity contribution >= 4 is 17.5 Å². The summed E-state index contributed by atoms with van der Waals surface area (Å²) in [4.78, 5) is 13.1. The molecule has 0 bridgehead atoms. The number of aromatic hydroxyl groups is 1. The van der Waals surface area contributed by atoms with E-state index >= 15 is 0 Å². The fraction of sp³-hybridized carbons (Fsp3) is 0.312. The topological polar surface area (TPSA) is 113 Å². The standard InChI is InChI=1S/C16H18N4O3/c17-15-13(20-7-5-10(6-8-20)16(22)23)9-12(18-19-15)11-3-1-2-4-14(11)21/h1-4,9-10,21H,5-8H2,(H2,17,19)(H,22,23). The largest absolute Gasteiger partial charge is 0.507 e. The van der Waals surface area contributed by atoms with Crippen molar-refractivity contribution in [1.29, 1.82) is 0 Å². The van der Waals surface area contributed by atoms with E-state index in [1.165, 1.54) is 0 Å². The minimum absolute atomic E-state index is 0.127. The van der Waals surface area contributed by atoms with Crippen LogP contribution in [0.25, 0.3) is 11.3 Å². The number of carbonyl (C=O) groups is 1. The van der Waals surface area contributed by atoms with E-state index in [1.807, 2.05) is 11.0 Å². The second-order valence-corrected chi connectivity index (χ2v) is 5.62. The van der Waals surface area contributed by atoms with E-state index in [0.29, 0.717) is 43.0 Å². The van der Waals surface area contributed by atoms with Gasteiger partial charge in [-0.05, 0) is 31.0 Å². The Balaban J connectivity index is 1.88. The Hall–Kier alpha value is -2.83. The predicted molar refractivity (Wildman–Crippen MR) is 86.1 cm³/mol. The number of anilines is 2. The van der Waals surface area contributed by atoms with Crippen LogP contribution in [0.2, 0.25) is 0 Å². The Morgan fingerprint density at radius 2 is 1.91 bits per heavy atom. The highest BCUT2D eigenvalue weighted by Crippen LogP contribution is 2.32. The molecule has 23 heavy (non-hydrogen) atoms. The zero-order chi connectivity index (χ0) is 16.4. The summed E-state index contributed by atoms with van der Waals surface area (Å²) in [6.07, 6.45) is 1.14. The number of phenolic OH excluding ortho intramolecular Hbond substituents is 1. The number of carboxylic acid groups (broad SMARTS) is 1. The van der Waals surface area contributed by atoms with Crippen molar-refractivity contribution < 1.29 is 15.0 Å². The molecule has 1 fully saturated rings. The first-order valence-corrected chi connectivity index (χ1v) is 7.45. The molecule has 1 aliphatic heterocycles. The van der Waals surface area contributed by atoms with Gasteiger partial charge in [0.2, 0.25) is 0 Å². The number of benzene rings is 1. The second kappa shape index (κ2) is 6.12. The van der Waals surface area contributed by atoms with Gasteiger partial charge in [-0.1, -0.05) is 12.1 Å². The van der Waals surface area contributed by atoms with E-state index in [-0.39, 0.29) is 11.7 Å². The van der Waals surface area contributed by atoms with Crippen LogP contribution in [0.15, 0.2) is 30.3 Å². The number of nitrogens with zero attached hydrogens (tertiary/aromatic N) is 3. The van der Waals surface area contributed by atoms with E-state index in [1.54, 1.807) is 24.3 Å². The molecule has 0 spiro atoms. The van der Waals surface area contributed by atoms with E-state index in [9.17, 15) is 9.90 Å². The minimum Gasteiger partial charge on any atom is -0.507 e. The van der Waals surface area contributed by atoms with Gasteiger partial charge < -0.3 is 20.8 Å². The lowest BCUT2D eigenvalue weighted by molar-refractivity contribution is -0.142. The van der Waals surface area contributed by atoms with Crippen molar-refractivity contribution in [2.45, 2.75) is 12.8 Å². The van der Waals surface area contributed by atoms with E-state index in [4.69, 9.17) is 10.8 Å². The first-order valence-electron chi connectivity index (χ1n) is 7.45. The Bertz CT molecular complexity index is 727. The lowest BCUT2D eigenvalue weighted by Crippen LogP contribution is -2.36. The lowest BCUT2D eigenvalue weighted by atomic mass is 9.96. The van der Waals surface area contributed by atoms with Gasteiger partial charge in [0.15, 0.2) is 5.82 Å². The monoisotopic (exact) mass is 314 g/mol. The van der Waals surface area contributed by atoms with E-state index in [2.05, 4.69) is 10.2 Å².